The first-order chi connectivity index (χ1) is 8.10. The molecule has 0 aliphatic rings. The van der Waals surface area contributed by atoms with E-state index in [9.17, 15) is 4.79 Å². The highest BCUT2D eigenvalue weighted by atomic mass is 16.2. The number of para-hydroxylation sites is 1. The van der Waals surface area contributed by atoms with Gasteiger partial charge in [-0.15, -0.1) is 0 Å². The predicted molar refractivity (Wildman–Crippen MR) is 67.2 cm³/mol. The van der Waals surface area contributed by atoms with Crippen molar-refractivity contribution in [2.45, 2.75) is 26.3 Å². The number of nitrogens with zero attached hydrogens (tertiary/aromatic N) is 1. The first kappa shape index (κ1) is 13.2. The fourth-order valence-corrected chi connectivity index (χ4v) is 1.42. The van der Waals surface area contributed by atoms with Gasteiger partial charge in [0.15, 0.2) is 0 Å². The quantitative estimate of drug-likeness (QED) is 0.830. The summed E-state index contributed by atoms with van der Waals surface area (Å²) >= 11 is 0. The summed E-state index contributed by atoms with van der Waals surface area (Å²) in [6.45, 7) is 3.92. The van der Waals surface area contributed by atoms with E-state index in [1.54, 1.807) is 24.3 Å². The minimum atomic E-state index is -0.549. The van der Waals surface area contributed by atoms with E-state index >= 15 is 0 Å². The minimum Gasteiger partial charge on any atom is -0.324 e. The first-order valence-electron chi connectivity index (χ1n) is 5.65. The molecule has 0 spiro atoms. The molecule has 0 fully saturated rings. The van der Waals surface area contributed by atoms with Crippen molar-refractivity contribution in [1.29, 1.82) is 5.26 Å². The number of benzene rings is 1. The maximum absolute atomic E-state index is 11.8. The molecule has 0 unspecified atom stereocenters. The van der Waals surface area contributed by atoms with Crippen molar-refractivity contribution >= 4 is 11.6 Å². The molecule has 1 amide bonds. The maximum Gasteiger partial charge on any atom is 0.241 e. The van der Waals surface area contributed by atoms with Crippen LogP contribution in [0.4, 0.5) is 5.69 Å². The number of hydrogen-bond acceptors (Lipinski definition) is 3. The van der Waals surface area contributed by atoms with Crippen molar-refractivity contribution in [3.63, 3.8) is 0 Å². The Labute approximate surface area is 101 Å². The van der Waals surface area contributed by atoms with Crippen molar-refractivity contribution in [2.24, 2.45) is 11.7 Å². The molecule has 0 heterocycles. The Balaban J connectivity index is 2.78. The zero-order valence-corrected chi connectivity index (χ0v) is 10.1. The fourth-order valence-electron chi connectivity index (χ4n) is 1.42. The summed E-state index contributed by atoms with van der Waals surface area (Å²) in [5.74, 6) is -0.133. The van der Waals surface area contributed by atoms with Crippen LogP contribution >= 0.6 is 0 Å². The molecule has 0 radical (unpaired) electrons. The second-order valence-corrected chi connectivity index (χ2v) is 4.06. The lowest BCUT2D eigenvalue weighted by molar-refractivity contribution is -0.118. The van der Waals surface area contributed by atoms with Gasteiger partial charge in [-0.25, -0.2) is 0 Å². The van der Waals surface area contributed by atoms with Crippen LogP contribution in [-0.2, 0) is 4.79 Å². The predicted octanol–water partition coefficient (Wildman–Crippen LogP) is 1.87. The second-order valence-electron chi connectivity index (χ2n) is 4.06. The summed E-state index contributed by atoms with van der Waals surface area (Å²) < 4.78 is 0. The standard InChI is InChI=1S/C13H17N3O/c1-3-9(2)12(15)13(17)16-11-7-5-4-6-10(11)8-14/h4-7,9,12H,3,15H2,1-2H3,(H,16,17)/t9-,12-/m0/s1. The van der Waals surface area contributed by atoms with Crippen LogP contribution in [0.3, 0.4) is 0 Å². The normalized spacial score (nSPS) is 13.5. The molecule has 3 N–H and O–H groups in total. The number of hydrogen-bond donors (Lipinski definition) is 2. The highest BCUT2D eigenvalue weighted by Crippen LogP contribution is 2.15. The number of rotatable bonds is 4. The van der Waals surface area contributed by atoms with Crippen LogP contribution < -0.4 is 11.1 Å². The third kappa shape index (κ3) is 3.30. The number of amides is 1. The molecule has 1 rings (SSSR count). The van der Waals surface area contributed by atoms with Gasteiger partial charge in [0.25, 0.3) is 0 Å². The van der Waals surface area contributed by atoms with E-state index in [4.69, 9.17) is 11.0 Å². The molecule has 0 saturated heterocycles. The van der Waals surface area contributed by atoms with Crippen LogP contribution in [0.5, 0.6) is 0 Å². The van der Waals surface area contributed by atoms with Gasteiger partial charge in [0.2, 0.25) is 5.91 Å². The number of carbonyl (C=O) groups excluding carboxylic acids is 1. The van der Waals surface area contributed by atoms with Gasteiger partial charge in [-0.3, -0.25) is 4.79 Å². The average Bonchev–Trinajstić information content (AvgIpc) is 2.37. The molecule has 0 aromatic heterocycles. The summed E-state index contributed by atoms with van der Waals surface area (Å²) in [5, 5.41) is 11.6. The number of carbonyl (C=O) groups is 1. The zero-order chi connectivity index (χ0) is 12.8. The number of nitrogens with two attached hydrogens (primary N) is 1. The summed E-state index contributed by atoms with van der Waals surface area (Å²) in [6, 6.07) is 8.35. The maximum atomic E-state index is 11.8. The van der Waals surface area contributed by atoms with Gasteiger partial charge in [-0.1, -0.05) is 32.4 Å². The van der Waals surface area contributed by atoms with E-state index in [1.807, 2.05) is 19.9 Å². The Morgan fingerprint density at radius 2 is 2.18 bits per heavy atom. The first-order valence-corrected chi connectivity index (χ1v) is 5.65. The average molecular weight is 231 g/mol. The van der Waals surface area contributed by atoms with Crippen molar-refractivity contribution in [3.05, 3.63) is 29.8 Å². The molecule has 4 heteroatoms. The lowest BCUT2D eigenvalue weighted by atomic mass is 9.99. The van der Waals surface area contributed by atoms with Crippen LogP contribution in [0.1, 0.15) is 25.8 Å². The molecule has 0 aliphatic carbocycles. The molecule has 2 atom stereocenters. The molecule has 1 aromatic carbocycles. The number of nitriles is 1. The summed E-state index contributed by atoms with van der Waals surface area (Å²) in [5.41, 5.74) is 6.77. The van der Waals surface area contributed by atoms with E-state index in [0.29, 0.717) is 11.3 Å². The molecule has 17 heavy (non-hydrogen) atoms. The molecule has 0 saturated carbocycles. The van der Waals surface area contributed by atoms with Crippen molar-refractivity contribution in [2.75, 3.05) is 5.32 Å². The van der Waals surface area contributed by atoms with Gasteiger partial charge >= 0.3 is 0 Å². The van der Waals surface area contributed by atoms with Gasteiger partial charge < -0.3 is 11.1 Å². The van der Waals surface area contributed by atoms with Crippen LogP contribution in [0, 0.1) is 17.2 Å². The Hall–Kier alpha value is -1.86. The van der Waals surface area contributed by atoms with E-state index in [-0.39, 0.29) is 11.8 Å². The topological polar surface area (TPSA) is 78.9 Å². The van der Waals surface area contributed by atoms with E-state index in [2.05, 4.69) is 5.32 Å². The number of nitrogens with one attached hydrogen (secondary N) is 1. The molecule has 1 aromatic rings. The summed E-state index contributed by atoms with van der Waals surface area (Å²) in [6.07, 6.45) is 0.842. The van der Waals surface area contributed by atoms with Gasteiger partial charge in [0.05, 0.1) is 17.3 Å². The molecule has 0 aliphatic heterocycles. The van der Waals surface area contributed by atoms with Crippen molar-refractivity contribution in [1.82, 2.24) is 0 Å². The number of anilines is 1. The van der Waals surface area contributed by atoms with E-state index in [1.165, 1.54) is 0 Å². The van der Waals surface area contributed by atoms with Gasteiger partial charge in [0, 0.05) is 0 Å². The SMILES string of the molecule is CC[C@H](C)[C@H](N)C(=O)Nc1ccccc1C#N. The van der Waals surface area contributed by atoms with Crippen LogP contribution in [0.2, 0.25) is 0 Å². The van der Waals surface area contributed by atoms with Crippen molar-refractivity contribution in [3.8, 4) is 6.07 Å². The Morgan fingerprint density at radius 3 is 2.76 bits per heavy atom. The summed E-state index contributed by atoms with van der Waals surface area (Å²) in [7, 11) is 0. The molecule has 4 nitrogen and oxygen atoms in total. The van der Waals surface area contributed by atoms with Crippen LogP contribution in [0.25, 0.3) is 0 Å². The second kappa shape index (κ2) is 6.02. The smallest absolute Gasteiger partial charge is 0.241 e. The lowest BCUT2D eigenvalue weighted by Gasteiger charge is -2.18. The Kier molecular flexibility index (Phi) is 4.68. The fraction of sp³-hybridized carbons (Fsp3) is 0.385. The Bertz CT molecular complexity index is 437. The van der Waals surface area contributed by atoms with Gasteiger partial charge in [0.1, 0.15) is 6.07 Å². The summed E-state index contributed by atoms with van der Waals surface area (Å²) in [4.78, 5) is 11.8. The highest BCUT2D eigenvalue weighted by molar-refractivity contribution is 5.95. The van der Waals surface area contributed by atoms with Crippen LogP contribution in [-0.4, -0.2) is 11.9 Å². The molecule has 90 valence electrons. The van der Waals surface area contributed by atoms with Crippen molar-refractivity contribution < 1.29 is 4.79 Å². The highest BCUT2D eigenvalue weighted by Gasteiger charge is 2.19. The Morgan fingerprint density at radius 1 is 1.53 bits per heavy atom. The molecular formula is C13H17N3O. The monoisotopic (exact) mass is 231 g/mol. The van der Waals surface area contributed by atoms with Gasteiger partial charge in [-0.05, 0) is 18.1 Å². The van der Waals surface area contributed by atoms with Gasteiger partial charge in [-0.2, -0.15) is 5.26 Å². The zero-order valence-electron chi connectivity index (χ0n) is 10.1. The van der Waals surface area contributed by atoms with Crippen LogP contribution in [0.15, 0.2) is 24.3 Å². The third-order valence-corrected chi connectivity index (χ3v) is 2.87. The van der Waals surface area contributed by atoms with E-state index < -0.39 is 6.04 Å². The largest absolute Gasteiger partial charge is 0.324 e. The lowest BCUT2D eigenvalue weighted by Crippen LogP contribution is -2.40. The van der Waals surface area contributed by atoms with E-state index in [0.717, 1.165) is 6.42 Å². The minimum absolute atomic E-state index is 0.115. The molecular weight excluding hydrogens is 214 g/mol. The molecule has 0 bridgehead atoms. The third-order valence-electron chi connectivity index (χ3n) is 2.87.